The van der Waals surface area contributed by atoms with Crippen LogP contribution in [0.1, 0.15) is 16.7 Å². The summed E-state index contributed by atoms with van der Waals surface area (Å²) in [6.45, 7) is 1.74. The fourth-order valence-corrected chi connectivity index (χ4v) is 4.22. The molecule has 0 atom stereocenters. The molecular formula is C23H22ClFN2O4S. The number of rotatable bonds is 9. The van der Waals surface area contributed by atoms with Crippen LogP contribution in [0.4, 0.5) is 4.39 Å². The fraction of sp³-hybridized carbons (Fsp3) is 0.174. The van der Waals surface area contributed by atoms with E-state index in [4.69, 9.17) is 16.3 Å². The second-order valence-electron chi connectivity index (χ2n) is 7.08. The molecule has 2 N–H and O–H groups in total. The van der Waals surface area contributed by atoms with Gasteiger partial charge in [0.05, 0.1) is 4.90 Å². The van der Waals surface area contributed by atoms with E-state index in [1.54, 1.807) is 36.4 Å². The van der Waals surface area contributed by atoms with Crippen LogP contribution in [0, 0.1) is 12.7 Å². The van der Waals surface area contributed by atoms with Crippen LogP contribution >= 0.6 is 11.6 Å². The third kappa shape index (κ3) is 6.78. The van der Waals surface area contributed by atoms with Crippen molar-refractivity contribution in [2.45, 2.75) is 24.9 Å². The number of hydrogen-bond acceptors (Lipinski definition) is 4. The Kier molecular flexibility index (Phi) is 7.84. The Morgan fingerprint density at radius 1 is 1.00 bits per heavy atom. The second-order valence-corrected chi connectivity index (χ2v) is 9.28. The summed E-state index contributed by atoms with van der Waals surface area (Å²) in [5, 5.41) is 3.28. The third-order valence-corrected chi connectivity index (χ3v) is 6.18. The fourth-order valence-electron chi connectivity index (χ4n) is 2.90. The van der Waals surface area contributed by atoms with E-state index in [0.717, 1.165) is 5.56 Å². The zero-order valence-corrected chi connectivity index (χ0v) is 18.8. The highest BCUT2D eigenvalue weighted by atomic mass is 35.5. The van der Waals surface area contributed by atoms with E-state index in [0.29, 0.717) is 21.9 Å². The summed E-state index contributed by atoms with van der Waals surface area (Å²) in [5.41, 5.74) is 1.93. The average Bonchev–Trinajstić information content (AvgIpc) is 2.76. The lowest BCUT2D eigenvalue weighted by molar-refractivity contribution is -0.123. The molecule has 9 heteroatoms. The molecule has 0 aliphatic carbocycles. The van der Waals surface area contributed by atoms with Crippen LogP contribution < -0.4 is 14.8 Å². The van der Waals surface area contributed by atoms with Gasteiger partial charge < -0.3 is 10.1 Å². The molecule has 3 rings (SSSR count). The highest BCUT2D eigenvalue weighted by molar-refractivity contribution is 7.89. The number of aryl methyl sites for hydroxylation is 1. The SMILES string of the molecule is Cc1cc(Cl)ccc1OCC(=O)NCc1cccc(S(=O)(=O)NCc2cccc(F)c2)c1. The largest absolute Gasteiger partial charge is 0.484 e. The highest BCUT2D eigenvalue weighted by Gasteiger charge is 2.15. The van der Waals surface area contributed by atoms with E-state index in [2.05, 4.69) is 10.0 Å². The molecule has 3 aromatic rings. The molecule has 168 valence electrons. The molecule has 1 amide bonds. The standard InChI is InChI=1S/C23H22ClFN2O4S/c1-16-10-19(24)8-9-22(16)31-15-23(28)26-13-18-5-3-7-21(12-18)32(29,30)27-14-17-4-2-6-20(25)11-17/h2-12,27H,13-15H2,1H3,(H,26,28). The second kappa shape index (κ2) is 10.6. The molecule has 0 fully saturated rings. The van der Waals surface area contributed by atoms with Crippen LogP contribution in [0.5, 0.6) is 5.75 Å². The molecule has 6 nitrogen and oxygen atoms in total. The number of carbonyl (C=O) groups excluding carboxylic acids is 1. The molecule has 0 aliphatic heterocycles. The van der Waals surface area contributed by atoms with E-state index in [-0.39, 0.29) is 30.5 Å². The zero-order valence-electron chi connectivity index (χ0n) is 17.3. The predicted molar refractivity (Wildman–Crippen MR) is 120 cm³/mol. The van der Waals surface area contributed by atoms with Gasteiger partial charge in [0.2, 0.25) is 10.0 Å². The molecule has 32 heavy (non-hydrogen) atoms. The van der Waals surface area contributed by atoms with Gasteiger partial charge in [-0.3, -0.25) is 4.79 Å². The smallest absolute Gasteiger partial charge is 0.258 e. The highest BCUT2D eigenvalue weighted by Crippen LogP contribution is 2.21. The molecule has 0 unspecified atom stereocenters. The zero-order chi connectivity index (χ0) is 23.1. The van der Waals surface area contributed by atoms with Crippen molar-refractivity contribution in [3.8, 4) is 5.75 Å². The molecule has 0 spiro atoms. The van der Waals surface area contributed by atoms with Gasteiger partial charge in [0.15, 0.2) is 6.61 Å². The van der Waals surface area contributed by atoms with Crippen LogP contribution in [-0.4, -0.2) is 20.9 Å². The normalized spacial score (nSPS) is 11.2. The first-order chi connectivity index (χ1) is 15.2. The Morgan fingerprint density at radius 2 is 1.72 bits per heavy atom. The first-order valence-corrected chi connectivity index (χ1v) is 11.6. The van der Waals surface area contributed by atoms with Gasteiger partial charge in [-0.05, 0) is 66.1 Å². The van der Waals surface area contributed by atoms with Crippen molar-refractivity contribution in [3.05, 3.63) is 94.3 Å². The van der Waals surface area contributed by atoms with Crippen LogP contribution in [0.3, 0.4) is 0 Å². The van der Waals surface area contributed by atoms with E-state index in [1.165, 1.54) is 30.3 Å². The number of amides is 1. The summed E-state index contributed by atoms with van der Waals surface area (Å²) in [6, 6.07) is 17.0. The lowest BCUT2D eigenvalue weighted by Crippen LogP contribution is -2.28. The molecule has 0 saturated carbocycles. The van der Waals surface area contributed by atoms with Gasteiger partial charge in [-0.25, -0.2) is 17.5 Å². The minimum absolute atomic E-state index is 0.0392. The maximum Gasteiger partial charge on any atom is 0.258 e. The van der Waals surface area contributed by atoms with Gasteiger partial charge >= 0.3 is 0 Å². The minimum Gasteiger partial charge on any atom is -0.484 e. The van der Waals surface area contributed by atoms with Gasteiger partial charge in [-0.1, -0.05) is 35.9 Å². The number of benzene rings is 3. The number of carbonyl (C=O) groups is 1. The van der Waals surface area contributed by atoms with E-state index < -0.39 is 15.8 Å². The molecular weight excluding hydrogens is 455 g/mol. The third-order valence-electron chi connectivity index (χ3n) is 4.55. The number of halogens is 2. The molecule has 0 radical (unpaired) electrons. The van der Waals surface area contributed by atoms with Crippen LogP contribution in [0.2, 0.25) is 5.02 Å². The Bertz CT molecular complexity index is 1220. The van der Waals surface area contributed by atoms with Crippen molar-refractivity contribution in [1.82, 2.24) is 10.0 Å². The summed E-state index contributed by atoms with van der Waals surface area (Å²) in [5.74, 6) is -0.228. The van der Waals surface area contributed by atoms with Crippen molar-refractivity contribution in [2.24, 2.45) is 0 Å². The first-order valence-electron chi connectivity index (χ1n) is 9.72. The topological polar surface area (TPSA) is 84.5 Å². The molecule has 0 aliphatic rings. The summed E-state index contributed by atoms with van der Waals surface area (Å²) < 4.78 is 46.4. The minimum atomic E-state index is -3.81. The van der Waals surface area contributed by atoms with E-state index in [9.17, 15) is 17.6 Å². The molecule has 0 bridgehead atoms. The summed E-state index contributed by atoms with van der Waals surface area (Å²) in [7, 11) is -3.81. The number of hydrogen-bond donors (Lipinski definition) is 2. The molecule has 3 aromatic carbocycles. The molecule has 0 aromatic heterocycles. The summed E-state index contributed by atoms with van der Waals surface area (Å²) in [6.07, 6.45) is 0. The van der Waals surface area contributed by atoms with Crippen LogP contribution in [0.15, 0.2) is 71.6 Å². The first kappa shape index (κ1) is 23.7. The monoisotopic (exact) mass is 476 g/mol. The maximum absolute atomic E-state index is 13.3. The van der Waals surface area contributed by atoms with Crippen molar-refractivity contribution >= 4 is 27.5 Å². The molecule has 0 saturated heterocycles. The summed E-state index contributed by atoms with van der Waals surface area (Å²) >= 11 is 5.90. The van der Waals surface area contributed by atoms with Crippen molar-refractivity contribution in [1.29, 1.82) is 0 Å². The quantitative estimate of drug-likeness (QED) is 0.489. The molecule has 0 heterocycles. The Balaban J connectivity index is 1.55. The Morgan fingerprint density at radius 3 is 2.44 bits per heavy atom. The lowest BCUT2D eigenvalue weighted by Gasteiger charge is -2.11. The van der Waals surface area contributed by atoms with Gasteiger partial charge in [-0.2, -0.15) is 0 Å². The van der Waals surface area contributed by atoms with Gasteiger partial charge in [0, 0.05) is 18.1 Å². The number of nitrogens with one attached hydrogen (secondary N) is 2. The summed E-state index contributed by atoms with van der Waals surface area (Å²) in [4.78, 5) is 12.2. The van der Waals surface area contributed by atoms with E-state index in [1.807, 2.05) is 6.92 Å². The van der Waals surface area contributed by atoms with Crippen molar-refractivity contribution < 1.29 is 22.3 Å². The van der Waals surface area contributed by atoms with Crippen molar-refractivity contribution in [2.75, 3.05) is 6.61 Å². The maximum atomic E-state index is 13.3. The van der Waals surface area contributed by atoms with Crippen LogP contribution in [0.25, 0.3) is 0 Å². The van der Waals surface area contributed by atoms with E-state index >= 15 is 0 Å². The predicted octanol–water partition coefficient (Wildman–Crippen LogP) is 3.96. The Hall–Kier alpha value is -2.94. The van der Waals surface area contributed by atoms with Crippen molar-refractivity contribution in [3.63, 3.8) is 0 Å². The van der Waals surface area contributed by atoms with Gasteiger partial charge in [-0.15, -0.1) is 0 Å². The van der Waals surface area contributed by atoms with Gasteiger partial charge in [0.1, 0.15) is 11.6 Å². The van der Waals surface area contributed by atoms with Gasteiger partial charge in [0.25, 0.3) is 5.91 Å². The lowest BCUT2D eigenvalue weighted by atomic mass is 10.2. The van der Waals surface area contributed by atoms with Crippen LogP contribution in [-0.2, 0) is 27.9 Å². The Labute approximate surface area is 191 Å². The number of sulfonamides is 1. The average molecular weight is 477 g/mol. The number of ether oxygens (including phenoxy) is 1.